The van der Waals surface area contributed by atoms with Gasteiger partial charge in [0.2, 0.25) is 0 Å². The molecule has 0 aromatic heterocycles. The molecule has 2 heteroatoms. The Kier molecular flexibility index (Phi) is 6.75. The molecular weight excluding hydrogens is 599 g/mol. The van der Waals surface area contributed by atoms with Gasteiger partial charge in [0.15, 0.2) is 0 Å². The maximum Gasteiger partial charge on any atom is 0.109 e. The highest BCUT2D eigenvalue weighted by Gasteiger charge is 2.24. The standard InChI is InChI=1S/C46H35OP/c1-48(2,47)40-23-21-32-15-18-35(27-39(32)28-40)36-22-24-43-44(29-36)46(38-20-17-31-10-4-6-12-34(31)26-38)42-14-8-7-13-41(42)45(43)37-19-16-30-9-3-5-11-33(30)25-37/h3-20,22-29,32H,21H2,1-2H3. The Morgan fingerprint density at radius 1 is 0.542 bits per heavy atom. The Balaban J connectivity index is 1.33. The van der Waals surface area contributed by atoms with Gasteiger partial charge in [-0.05, 0) is 126 Å². The van der Waals surface area contributed by atoms with Crippen molar-refractivity contribution in [1.82, 2.24) is 0 Å². The van der Waals surface area contributed by atoms with Crippen LogP contribution in [0.1, 0.15) is 12.0 Å². The predicted octanol–water partition coefficient (Wildman–Crippen LogP) is 13.0. The molecule has 0 aliphatic heterocycles. The third-order valence-electron chi connectivity index (χ3n) is 10.2. The summed E-state index contributed by atoms with van der Waals surface area (Å²) >= 11 is 0. The number of hydrogen-bond donors (Lipinski definition) is 0. The predicted molar refractivity (Wildman–Crippen MR) is 208 cm³/mol. The van der Waals surface area contributed by atoms with Gasteiger partial charge in [-0.2, -0.15) is 0 Å². The summed E-state index contributed by atoms with van der Waals surface area (Å²) in [7, 11) is -2.33. The van der Waals surface area contributed by atoms with E-state index >= 15 is 0 Å². The summed E-state index contributed by atoms with van der Waals surface area (Å²) in [6.45, 7) is 3.74. The van der Waals surface area contributed by atoms with Gasteiger partial charge in [0.05, 0.1) is 0 Å². The molecule has 9 rings (SSSR count). The second kappa shape index (κ2) is 11.2. The summed E-state index contributed by atoms with van der Waals surface area (Å²) in [5.41, 5.74) is 8.59. The van der Waals surface area contributed by atoms with Crippen LogP contribution in [0.15, 0.2) is 169 Å². The summed E-state index contributed by atoms with van der Waals surface area (Å²) in [5, 5.41) is 11.0. The van der Waals surface area contributed by atoms with E-state index in [4.69, 9.17) is 0 Å². The Bertz CT molecular complexity index is 2640. The van der Waals surface area contributed by atoms with Crippen LogP contribution in [-0.2, 0) is 4.57 Å². The fraction of sp³-hybridized carbons (Fsp3) is 0.0870. The zero-order valence-corrected chi connectivity index (χ0v) is 28.0. The molecule has 7 aromatic rings. The quantitative estimate of drug-likeness (QED) is 0.139. The lowest BCUT2D eigenvalue weighted by molar-refractivity contribution is 0.586. The molecule has 230 valence electrons. The molecule has 2 aliphatic carbocycles. The molecule has 1 nitrogen and oxygen atoms in total. The highest BCUT2D eigenvalue weighted by molar-refractivity contribution is 7.66. The molecular formula is C46H35OP. The van der Waals surface area contributed by atoms with Crippen LogP contribution in [0.25, 0.3) is 70.9 Å². The van der Waals surface area contributed by atoms with Crippen LogP contribution >= 0.6 is 7.14 Å². The largest absolute Gasteiger partial charge is 0.319 e. The van der Waals surface area contributed by atoms with Gasteiger partial charge in [-0.25, -0.2) is 0 Å². The molecule has 0 heterocycles. The lowest BCUT2D eigenvalue weighted by atomic mass is 9.82. The number of benzene rings is 7. The van der Waals surface area contributed by atoms with Crippen LogP contribution in [0.4, 0.5) is 0 Å². The van der Waals surface area contributed by atoms with E-state index in [-0.39, 0.29) is 0 Å². The van der Waals surface area contributed by atoms with Gasteiger partial charge in [0.25, 0.3) is 0 Å². The highest BCUT2D eigenvalue weighted by Crippen LogP contribution is 2.51. The average Bonchev–Trinajstić information content (AvgIpc) is 3.12. The number of allylic oxidation sites excluding steroid dienone is 8. The molecule has 48 heavy (non-hydrogen) atoms. The van der Waals surface area contributed by atoms with Crippen molar-refractivity contribution in [2.24, 2.45) is 5.92 Å². The van der Waals surface area contributed by atoms with E-state index < -0.39 is 7.14 Å². The SMILES string of the molecule is CP(C)(=O)C1=CCC2C=CC(c3ccc4c(-c5ccc6ccccc6c5)c5ccccc5c(-c5ccc6ccccc6c5)c4c3)=CC2=C1. The second-order valence-electron chi connectivity index (χ2n) is 13.6. The molecule has 0 fully saturated rings. The first-order valence-electron chi connectivity index (χ1n) is 16.8. The van der Waals surface area contributed by atoms with Crippen molar-refractivity contribution in [1.29, 1.82) is 0 Å². The number of hydrogen-bond acceptors (Lipinski definition) is 1. The molecule has 0 saturated heterocycles. The van der Waals surface area contributed by atoms with Crippen molar-refractivity contribution in [3.8, 4) is 22.3 Å². The first kappa shape index (κ1) is 29.0. The number of fused-ring (bicyclic) bond motifs is 5. The summed E-state index contributed by atoms with van der Waals surface area (Å²) in [6, 6.07) is 46.9. The number of rotatable bonds is 4. The Morgan fingerprint density at radius 2 is 1.08 bits per heavy atom. The van der Waals surface area contributed by atoms with Crippen molar-refractivity contribution >= 4 is 55.8 Å². The van der Waals surface area contributed by atoms with Gasteiger partial charge >= 0.3 is 0 Å². The van der Waals surface area contributed by atoms with E-state index in [0.717, 1.165) is 11.7 Å². The molecule has 0 N–H and O–H groups in total. The van der Waals surface area contributed by atoms with Gasteiger partial charge in [0.1, 0.15) is 7.14 Å². The van der Waals surface area contributed by atoms with Gasteiger partial charge < -0.3 is 4.57 Å². The summed E-state index contributed by atoms with van der Waals surface area (Å²) in [5.74, 6) is 0.334. The minimum Gasteiger partial charge on any atom is -0.319 e. The van der Waals surface area contributed by atoms with Crippen LogP contribution in [0.2, 0.25) is 0 Å². The van der Waals surface area contributed by atoms with Crippen molar-refractivity contribution in [3.05, 3.63) is 174 Å². The lowest BCUT2D eigenvalue weighted by Crippen LogP contribution is -2.07. The van der Waals surface area contributed by atoms with E-state index in [1.54, 1.807) is 0 Å². The fourth-order valence-corrected chi connectivity index (χ4v) is 8.74. The third-order valence-corrected chi connectivity index (χ3v) is 11.8. The van der Waals surface area contributed by atoms with Crippen LogP contribution in [0.5, 0.6) is 0 Å². The highest BCUT2D eigenvalue weighted by atomic mass is 31.2. The summed E-state index contributed by atoms with van der Waals surface area (Å²) in [4.78, 5) is 0. The van der Waals surface area contributed by atoms with Crippen LogP contribution in [0.3, 0.4) is 0 Å². The van der Waals surface area contributed by atoms with Gasteiger partial charge in [-0.1, -0.05) is 133 Å². The lowest BCUT2D eigenvalue weighted by Gasteiger charge is -2.25. The molecule has 0 amide bonds. The first-order chi connectivity index (χ1) is 23.4. The summed E-state index contributed by atoms with van der Waals surface area (Å²) in [6.07, 6.45) is 12.2. The van der Waals surface area contributed by atoms with Crippen molar-refractivity contribution < 1.29 is 4.57 Å². The van der Waals surface area contributed by atoms with Crippen molar-refractivity contribution in [3.63, 3.8) is 0 Å². The molecule has 0 radical (unpaired) electrons. The Hall–Kier alpha value is -5.23. The molecule has 0 spiro atoms. The van der Waals surface area contributed by atoms with E-state index in [1.807, 2.05) is 13.3 Å². The van der Waals surface area contributed by atoms with Gasteiger partial charge in [-0.3, -0.25) is 0 Å². The zero-order chi connectivity index (χ0) is 32.4. The molecule has 2 aliphatic rings. The first-order valence-corrected chi connectivity index (χ1v) is 19.4. The van der Waals surface area contributed by atoms with Crippen LogP contribution < -0.4 is 0 Å². The van der Waals surface area contributed by atoms with E-state index in [0.29, 0.717) is 5.92 Å². The fourth-order valence-electron chi connectivity index (χ4n) is 7.73. The molecule has 7 aromatic carbocycles. The monoisotopic (exact) mass is 634 g/mol. The van der Waals surface area contributed by atoms with Gasteiger partial charge in [0, 0.05) is 11.2 Å². The van der Waals surface area contributed by atoms with E-state index in [2.05, 4.69) is 158 Å². The van der Waals surface area contributed by atoms with Crippen molar-refractivity contribution in [2.75, 3.05) is 13.3 Å². The van der Waals surface area contributed by atoms with Gasteiger partial charge in [-0.15, -0.1) is 0 Å². The minimum absolute atomic E-state index is 0.334. The molecule has 1 unspecified atom stereocenters. The smallest absolute Gasteiger partial charge is 0.109 e. The Morgan fingerprint density at radius 3 is 1.71 bits per heavy atom. The average molecular weight is 635 g/mol. The normalized spacial score (nSPS) is 16.2. The van der Waals surface area contributed by atoms with E-state index in [1.165, 1.54) is 82.1 Å². The zero-order valence-electron chi connectivity index (χ0n) is 27.2. The maximum atomic E-state index is 13.0. The van der Waals surface area contributed by atoms with Crippen LogP contribution in [0, 0.1) is 5.92 Å². The second-order valence-corrected chi connectivity index (χ2v) is 16.8. The molecule has 0 saturated carbocycles. The van der Waals surface area contributed by atoms with Crippen molar-refractivity contribution in [2.45, 2.75) is 6.42 Å². The third kappa shape index (κ3) is 4.90. The maximum absolute atomic E-state index is 13.0. The topological polar surface area (TPSA) is 17.1 Å². The summed E-state index contributed by atoms with van der Waals surface area (Å²) < 4.78 is 13.0. The van der Waals surface area contributed by atoms with Crippen LogP contribution in [-0.4, -0.2) is 13.3 Å². The molecule has 1 atom stereocenters. The minimum atomic E-state index is -2.33. The Labute approximate surface area is 281 Å². The van der Waals surface area contributed by atoms with E-state index in [9.17, 15) is 4.57 Å². The molecule has 0 bridgehead atoms.